The second-order valence-corrected chi connectivity index (χ2v) is 16.6. The average Bonchev–Trinajstić information content (AvgIpc) is 3.36. The molecule has 0 saturated carbocycles. The fourth-order valence-electron chi connectivity index (χ4n) is 2.68. The summed E-state index contributed by atoms with van der Waals surface area (Å²) in [4.78, 5) is 0. The van der Waals surface area contributed by atoms with Crippen LogP contribution in [0, 0.1) is 0 Å². The molecule has 2 aliphatic rings. The summed E-state index contributed by atoms with van der Waals surface area (Å²) in [7, 11) is 0.275. The maximum Gasteiger partial charge on any atom is 0.111 e. The van der Waals surface area contributed by atoms with Crippen LogP contribution in [0.4, 0.5) is 0 Å². The van der Waals surface area contributed by atoms with Crippen molar-refractivity contribution in [3.05, 3.63) is 0 Å². The molecule has 0 bridgehead atoms. The van der Waals surface area contributed by atoms with Crippen molar-refractivity contribution in [2.75, 3.05) is 46.7 Å². The molecule has 0 aromatic rings. The van der Waals surface area contributed by atoms with Crippen LogP contribution in [-0.2, 0) is 18.9 Å². The van der Waals surface area contributed by atoms with Gasteiger partial charge in [-0.1, -0.05) is 19.6 Å². The maximum atomic E-state index is 5.70. The van der Waals surface area contributed by atoms with Crippen LogP contribution in [0.2, 0.25) is 31.7 Å². The van der Waals surface area contributed by atoms with Gasteiger partial charge < -0.3 is 23.2 Å². The van der Waals surface area contributed by atoms with Crippen LogP contribution in [0.5, 0.6) is 0 Å². The standard InChI is InChI=1S/C16H35NO4Si2/c1-17(23(2,3)4)22(9-5-7-18-11-15-13-20-15)10-6-8-19-12-16-14-21-16/h15-16,22H,5-14H2,1-4H3. The molecule has 2 rings (SSSR count). The van der Waals surface area contributed by atoms with E-state index in [0.29, 0.717) is 12.2 Å². The molecule has 0 N–H and O–H groups in total. The van der Waals surface area contributed by atoms with Crippen molar-refractivity contribution < 1.29 is 18.9 Å². The van der Waals surface area contributed by atoms with Gasteiger partial charge >= 0.3 is 0 Å². The fraction of sp³-hybridized carbons (Fsp3) is 1.00. The van der Waals surface area contributed by atoms with Gasteiger partial charge in [-0.15, -0.1) is 0 Å². The molecule has 2 saturated heterocycles. The van der Waals surface area contributed by atoms with Crippen molar-refractivity contribution in [2.45, 2.75) is 56.8 Å². The molecule has 2 aliphatic heterocycles. The van der Waals surface area contributed by atoms with E-state index in [0.717, 1.165) is 39.6 Å². The first-order chi connectivity index (χ1) is 11.0. The summed E-state index contributed by atoms with van der Waals surface area (Å²) in [5.74, 6) is 0. The lowest BCUT2D eigenvalue weighted by atomic mass is 10.5. The summed E-state index contributed by atoms with van der Waals surface area (Å²) in [6.07, 6.45) is 3.16. The zero-order valence-electron chi connectivity index (χ0n) is 15.4. The minimum atomic E-state index is -1.20. The maximum absolute atomic E-state index is 5.70. The zero-order chi connectivity index (χ0) is 16.7. The predicted molar refractivity (Wildman–Crippen MR) is 98.2 cm³/mol. The van der Waals surface area contributed by atoms with Crippen LogP contribution in [0.1, 0.15) is 12.8 Å². The van der Waals surface area contributed by atoms with Crippen LogP contribution in [0.3, 0.4) is 0 Å². The third kappa shape index (κ3) is 8.76. The zero-order valence-corrected chi connectivity index (χ0v) is 17.5. The molecule has 0 amide bonds. The van der Waals surface area contributed by atoms with E-state index in [1.165, 1.54) is 24.9 Å². The van der Waals surface area contributed by atoms with Gasteiger partial charge in [-0.25, -0.2) is 0 Å². The van der Waals surface area contributed by atoms with E-state index in [4.69, 9.17) is 18.9 Å². The molecule has 5 nitrogen and oxygen atoms in total. The first-order valence-electron chi connectivity index (χ1n) is 9.08. The molecular weight excluding hydrogens is 326 g/mol. The molecule has 0 aromatic heterocycles. The lowest BCUT2D eigenvalue weighted by Gasteiger charge is -2.37. The van der Waals surface area contributed by atoms with Crippen LogP contribution >= 0.6 is 0 Å². The molecule has 2 unspecified atom stereocenters. The van der Waals surface area contributed by atoms with Crippen molar-refractivity contribution in [3.8, 4) is 0 Å². The van der Waals surface area contributed by atoms with Gasteiger partial charge in [0.25, 0.3) is 0 Å². The van der Waals surface area contributed by atoms with Crippen molar-refractivity contribution >= 4 is 17.2 Å². The molecule has 7 heteroatoms. The monoisotopic (exact) mass is 361 g/mol. The normalized spacial score (nSPS) is 24.9. The number of ether oxygens (including phenoxy) is 4. The third-order valence-corrected chi connectivity index (χ3v) is 13.5. The highest BCUT2D eigenvalue weighted by atomic mass is 28.4. The first-order valence-corrected chi connectivity index (χ1v) is 14.7. The van der Waals surface area contributed by atoms with Gasteiger partial charge in [0.05, 0.1) is 26.4 Å². The van der Waals surface area contributed by atoms with Crippen LogP contribution in [0.15, 0.2) is 0 Å². The highest BCUT2D eigenvalue weighted by Crippen LogP contribution is 2.18. The lowest BCUT2D eigenvalue weighted by Crippen LogP contribution is -2.52. The SMILES string of the molecule is CN([SiH](CCCOCC1CO1)CCCOCC1CO1)[Si](C)(C)C. The number of hydrogen-bond acceptors (Lipinski definition) is 5. The summed E-state index contributed by atoms with van der Waals surface area (Å²) in [6, 6.07) is 2.69. The van der Waals surface area contributed by atoms with Crippen molar-refractivity contribution in [1.29, 1.82) is 0 Å². The average molecular weight is 362 g/mol. The van der Waals surface area contributed by atoms with E-state index in [2.05, 4.69) is 30.9 Å². The smallest absolute Gasteiger partial charge is 0.111 e. The summed E-state index contributed by atoms with van der Waals surface area (Å²) < 4.78 is 24.5. The second kappa shape index (κ2) is 9.65. The Morgan fingerprint density at radius 1 is 0.957 bits per heavy atom. The predicted octanol–water partition coefficient (Wildman–Crippen LogP) is 2.09. The van der Waals surface area contributed by atoms with E-state index in [1.807, 2.05) is 0 Å². The van der Waals surface area contributed by atoms with Crippen LogP contribution < -0.4 is 0 Å². The van der Waals surface area contributed by atoms with Crippen molar-refractivity contribution in [3.63, 3.8) is 0 Å². The van der Waals surface area contributed by atoms with Gasteiger partial charge in [0.15, 0.2) is 0 Å². The molecule has 2 heterocycles. The molecule has 0 aliphatic carbocycles. The summed E-state index contributed by atoms with van der Waals surface area (Å²) >= 11 is 0. The van der Waals surface area contributed by atoms with E-state index >= 15 is 0 Å². The van der Waals surface area contributed by atoms with Gasteiger partial charge in [0, 0.05) is 13.2 Å². The van der Waals surface area contributed by atoms with Gasteiger partial charge in [0.2, 0.25) is 0 Å². The molecule has 136 valence electrons. The second-order valence-electron chi connectivity index (χ2n) is 7.78. The fourth-order valence-corrected chi connectivity index (χ4v) is 10.2. The van der Waals surface area contributed by atoms with Gasteiger partial charge in [-0.2, -0.15) is 0 Å². The highest BCUT2D eigenvalue weighted by Gasteiger charge is 2.28. The minimum absolute atomic E-state index is 0.389. The summed E-state index contributed by atoms with van der Waals surface area (Å²) in [6.45, 7) is 12.5. The Labute approximate surface area is 144 Å². The summed E-state index contributed by atoms with van der Waals surface area (Å²) in [5, 5.41) is 0. The lowest BCUT2D eigenvalue weighted by molar-refractivity contribution is 0.115. The Morgan fingerprint density at radius 3 is 1.74 bits per heavy atom. The molecule has 2 fully saturated rings. The minimum Gasteiger partial charge on any atom is -0.379 e. The summed E-state index contributed by atoms with van der Waals surface area (Å²) in [5.41, 5.74) is 0. The third-order valence-electron chi connectivity index (χ3n) is 4.67. The number of hydrogen-bond donors (Lipinski definition) is 0. The number of rotatable bonds is 14. The largest absolute Gasteiger partial charge is 0.379 e. The molecule has 23 heavy (non-hydrogen) atoms. The van der Waals surface area contributed by atoms with Gasteiger partial charge in [-0.3, -0.25) is 0 Å². The first kappa shape index (κ1) is 19.6. The van der Waals surface area contributed by atoms with E-state index in [-0.39, 0.29) is 0 Å². The number of epoxide rings is 2. The molecule has 0 aromatic carbocycles. The Hall–Kier alpha value is 0.234. The van der Waals surface area contributed by atoms with E-state index < -0.39 is 17.2 Å². The Morgan fingerprint density at radius 2 is 1.39 bits per heavy atom. The van der Waals surface area contributed by atoms with E-state index in [9.17, 15) is 0 Å². The molecule has 2 atom stereocenters. The van der Waals surface area contributed by atoms with Crippen LogP contribution in [-0.4, -0.2) is 80.3 Å². The van der Waals surface area contributed by atoms with Crippen molar-refractivity contribution in [2.24, 2.45) is 0 Å². The van der Waals surface area contributed by atoms with E-state index in [1.54, 1.807) is 0 Å². The number of nitrogens with zero attached hydrogens (tertiary/aromatic N) is 1. The van der Waals surface area contributed by atoms with Gasteiger partial charge in [0.1, 0.15) is 29.4 Å². The molecule has 0 radical (unpaired) electrons. The quantitative estimate of drug-likeness (QED) is 0.269. The van der Waals surface area contributed by atoms with Crippen LogP contribution in [0.25, 0.3) is 0 Å². The molecule has 0 spiro atoms. The topological polar surface area (TPSA) is 46.8 Å². The Balaban J connectivity index is 1.60. The Bertz CT molecular complexity index is 311. The Kier molecular flexibility index (Phi) is 8.20. The van der Waals surface area contributed by atoms with Gasteiger partial charge in [-0.05, 0) is 32.0 Å². The molecular formula is C16H35NO4Si2. The van der Waals surface area contributed by atoms with Crippen molar-refractivity contribution in [1.82, 2.24) is 4.23 Å². The highest BCUT2D eigenvalue weighted by molar-refractivity contribution is 6.83.